The number of hydrogen-bond donors (Lipinski definition) is 2. The first-order valence-electron chi connectivity index (χ1n) is 8.38. The number of aromatic nitrogens is 2. The lowest BCUT2D eigenvalue weighted by Gasteiger charge is -2.26. The second kappa shape index (κ2) is 7.59. The van der Waals surface area contributed by atoms with Gasteiger partial charge in [0, 0.05) is 7.05 Å². The molecule has 0 aliphatic heterocycles. The topological polar surface area (TPSA) is 67.2 Å². The summed E-state index contributed by atoms with van der Waals surface area (Å²) in [6.07, 6.45) is 3.20. The summed E-state index contributed by atoms with van der Waals surface area (Å²) in [6, 6.07) is 7.89. The van der Waals surface area contributed by atoms with Gasteiger partial charge in [-0.2, -0.15) is 0 Å². The largest absolute Gasteiger partial charge is 0.389 e. The number of benzene rings is 1. The molecule has 5 nitrogen and oxygen atoms in total. The van der Waals surface area contributed by atoms with Crippen LogP contribution >= 0.6 is 0 Å². The highest BCUT2D eigenvalue weighted by atomic mass is 16.3. The van der Waals surface area contributed by atoms with Crippen LogP contribution in [0.3, 0.4) is 0 Å². The maximum Gasteiger partial charge on any atom is 0.223 e. The number of hydrogen-bond acceptors (Lipinski definition) is 3. The van der Waals surface area contributed by atoms with Gasteiger partial charge in [0.2, 0.25) is 5.91 Å². The van der Waals surface area contributed by atoms with Crippen molar-refractivity contribution in [3.05, 3.63) is 30.1 Å². The summed E-state index contributed by atoms with van der Waals surface area (Å²) < 4.78 is 1.99. The summed E-state index contributed by atoms with van der Waals surface area (Å²) in [5.74, 6) is 0.690. The van der Waals surface area contributed by atoms with Gasteiger partial charge in [0.1, 0.15) is 5.82 Å². The van der Waals surface area contributed by atoms with Crippen molar-refractivity contribution in [1.82, 2.24) is 14.9 Å². The lowest BCUT2D eigenvalue weighted by atomic mass is 9.89. The number of imidazole rings is 1. The Balaban J connectivity index is 1.99. The van der Waals surface area contributed by atoms with Crippen LogP contribution in [0.25, 0.3) is 11.0 Å². The van der Waals surface area contributed by atoms with E-state index in [0.717, 1.165) is 29.7 Å². The number of para-hydroxylation sites is 2. The van der Waals surface area contributed by atoms with Crippen LogP contribution in [-0.2, 0) is 18.4 Å². The SMILES string of the molecule is CCCC(O)(CCC)CC(=O)NCc1nc2ccccc2n1C. The van der Waals surface area contributed by atoms with Crippen LogP contribution in [0.15, 0.2) is 24.3 Å². The molecule has 0 saturated heterocycles. The van der Waals surface area contributed by atoms with E-state index >= 15 is 0 Å². The normalized spacial score (nSPS) is 11.8. The summed E-state index contributed by atoms with van der Waals surface area (Å²) in [5, 5.41) is 13.5. The number of amides is 1. The highest BCUT2D eigenvalue weighted by Crippen LogP contribution is 2.23. The molecule has 0 fully saturated rings. The number of carbonyl (C=O) groups is 1. The number of aliphatic hydroxyl groups is 1. The number of aryl methyl sites for hydroxylation is 1. The van der Waals surface area contributed by atoms with Gasteiger partial charge in [0.25, 0.3) is 0 Å². The average molecular weight is 317 g/mol. The minimum Gasteiger partial charge on any atom is -0.389 e. The fourth-order valence-electron chi connectivity index (χ4n) is 3.13. The monoisotopic (exact) mass is 317 g/mol. The molecule has 0 spiro atoms. The average Bonchev–Trinajstić information content (AvgIpc) is 2.82. The third-order valence-corrected chi connectivity index (χ3v) is 4.24. The summed E-state index contributed by atoms with van der Waals surface area (Å²) in [4.78, 5) is 16.7. The predicted octanol–water partition coefficient (Wildman–Crippen LogP) is 2.91. The Kier molecular flexibility index (Phi) is 5.77. The van der Waals surface area contributed by atoms with Crippen molar-refractivity contribution in [3.63, 3.8) is 0 Å². The number of fused-ring (bicyclic) bond motifs is 1. The van der Waals surface area contributed by atoms with Crippen LogP contribution in [0, 0.1) is 0 Å². The van der Waals surface area contributed by atoms with E-state index in [1.165, 1.54) is 0 Å². The van der Waals surface area contributed by atoms with E-state index in [4.69, 9.17) is 0 Å². The Hall–Kier alpha value is -1.88. The molecular weight excluding hydrogens is 290 g/mol. The highest BCUT2D eigenvalue weighted by molar-refractivity contribution is 5.78. The Morgan fingerprint density at radius 1 is 1.26 bits per heavy atom. The quantitative estimate of drug-likeness (QED) is 0.786. The third kappa shape index (κ3) is 4.32. The fraction of sp³-hybridized carbons (Fsp3) is 0.556. The molecule has 0 radical (unpaired) electrons. The first-order chi connectivity index (χ1) is 11.0. The highest BCUT2D eigenvalue weighted by Gasteiger charge is 2.28. The summed E-state index contributed by atoms with van der Waals surface area (Å²) in [5.41, 5.74) is 1.08. The number of rotatable bonds is 8. The maximum atomic E-state index is 12.2. The van der Waals surface area contributed by atoms with Crippen molar-refractivity contribution in [1.29, 1.82) is 0 Å². The van der Waals surface area contributed by atoms with E-state index in [1.807, 2.05) is 49.7 Å². The van der Waals surface area contributed by atoms with Crippen LogP contribution in [0.4, 0.5) is 0 Å². The Bertz CT molecular complexity index is 657. The van der Waals surface area contributed by atoms with Crippen molar-refractivity contribution in [3.8, 4) is 0 Å². The van der Waals surface area contributed by atoms with E-state index in [-0.39, 0.29) is 12.3 Å². The van der Waals surface area contributed by atoms with Crippen molar-refractivity contribution in [2.75, 3.05) is 0 Å². The van der Waals surface area contributed by atoms with Gasteiger partial charge in [-0.05, 0) is 25.0 Å². The van der Waals surface area contributed by atoms with E-state index in [9.17, 15) is 9.90 Å². The number of nitrogens with zero attached hydrogens (tertiary/aromatic N) is 2. The molecule has 0 saturated carbocycles. The van der Waals surface area contributed by atoms with Crippen molar-refractivity contribution in [2.24, 2.45) is 7.05 Å². The molecule has 0 aliphatic rings. The van der Waals surface area contributed by atoms with Gasteiger partial charge in [-0.1, -0.05) is 38.8 Å². The van der Waals surface area contributed by atoms with Gasteiger partial charge in [0.05, 0.1) is 29.6 Å². The molecule has 2 aromatic rings. The fourth-order valence-corrected chi connectivity index (χ4v) is 3.13. The van der Waals surface area contributed by atoms with E-state index in [0.29, 0.717) is 19.4 Å². The minimum atomic E-state index is -0.889. The lowest BCUT2D eigenvalue weighted by Crippen LogP contribution is -2.36. The van der Waals surface area contributed by atoms with Crippen LogP contribution < -0.4 is 5.32 Å². The Labute approximate surface area is 137 Å². The summed E-state index contributed by atoms with van der Waals surface area (Å²) in [7, 11) is 1.95. The van der Waals surface area contributed by atoms with Crippen LogP contribution in [0.5, 0.6) is 0 Å². The van der Waals surface area contributed by atoms with E-state index < -0.39 is 5.60 Å². The molecule has 0 atom stereocenters. The molecule has 0 bridgehead atoms. The van der Waals surface area contributed by atoms with Crippen molar-refractivity contribution < 1.29 is 9.90 Å². The molecule has 0 unspecified atom stereocenters. The van der Waals surface area contributed by atoms with Gasteiger partial charge in [-0.15, -0.1) is 0 Å². The molecular formula is C18H27N3O2. The van der Waals surface area contributed by atoms with Gasteiger partial charge < -0.3 is 15.0 Å². The number of nitrogens with one attached hydrogen (secondary N) is 1. The zero-order chi connectivity index (χ0) is 16.9. The number of carbonyl (C=O) groups excluding carboxylic acids is 1. The summed E-state index contributed by atoms with van der Waals surface area (Å²) >= 11 is 0. The molecule has 2 rings (SSSR count). The molecule has 0 aliphatic carbocycles. The minimum absolute atomic E-state index is 0.124. The zero-order valence-electron chi connectivity index (χ0n) is 14.3. The van der Waals surface area contributed by atoms with Crippen molar-refractivity contribution >= 4 is 16.9 Å². The molecule has 1 amide bonds. The first kappa shape index (κ1) is 17.5. The molecule has 1 heterocycles. The molecule has 126 valence electrons. The molecule has 23 heavy (non-hydrogen) atoms. The molecule has 5 heteroatoms. The predicted molar refractivity (Wildman–Crippen MR) is 91.9 cm³/mol. The zero-order valence-corrected chi connectivity index (χ0v) is 14.3. The maximum absolute atomic E-state index is 12.2. The van der Waals surface area contributed by atoms with Gasteiger partial charge in [-0.3, -0.25) is 4.79 Å². The smallest absolute Gasteiger partial charge is 0.223 e. The lowest BCUT2D eigenvalue weighted by molar-refractivity contribution is -0.127. The third-order valence-electron chi connectivity index (χ3n) is 4.24. The van der Waals surface area contributed by atoms with Crippen LogP contribution in [0.2, 0.25) is 0 Å². The van der Waals surface area contributed by atoms with Crippen LogP contribution in [-0.4, -0.2) is 26.2 Å². The standard InChI is InChI=1S/C18H27N3O2/c1-4-10-18(23,11-5-2)12-17(22)19-13-16-20-14-8-6-7-9-15(14)21(16)3/h6-9,23H,4-5,10-13H2,1-3H3,(H,19,22). The van der Waals surface area contributed by atoms with Crippen LogP contribution in [0.1, 0.15) is 51.8 Å². The van der Waals surface area contributed by atoms with Gasteiger partial charge >= 0.3 is 0 Å². The van der Waals surface area contributed by atoms with E-state index in [1.54, 1.807) is 0 Å². The molecule has 1 aromatic heterocycles. The molecule has 1 aromatic carbocycles. The first-order valence-corrected chi connectivity index (χ1v) is 8.38. The van der Waals surface area contributed by atoms with Gasteiger partial charge in [-0.25, -0.2) is 4.98 Å². The van der Waals surface area contributed by atoms with E-state index in [2.05, 4.69) is 10.3 Å². The van der Waals surface area contributed by atoms with Crippen molar-refractivity contribution in [2.45, 2.75) is 58.1 Å². The Morgan fingerprint density at radius 3 is 2.52 bits per heavy atom. The Morgan fingerprint density at radius 2 is 1.91 bits per heavy atom. The van der Waals surface area contributed by atoms with Gasteiger partial charge in [0.15, 0.2) is 0 Å². The molecule has 2 N–H and O–H groups in total. The summed E-state index contributed by atoms with van der Waals surface area (Å²) in [6.45, 7) is 4.42. The second-order valence-corrected chi connectivity index (χ2v) is 6.25. The second-order valence-electron chi connectivity index (χ2n) is 6.25.